The van der Waals surface area contributed by atoms with Gasteiger partial charge in [-0.3, -0.25) is 0 Å². The topological polar surface area (TPSA) is 24.9 Å². The van der Waals surface area contributed by atoms with Gasteiger partial charge in [-0.05, 0) is 49.6 Å². The fourth-order valence-electron chi connectivity index (χ4n) is 1.94. The highest BCUT2D eigenvalue weighted by molar-refractivity contribution is 9.10. The van der Waals surface area contributed by atoms with Crippen molar-refractivity contribution in [3.05, 3.63) is 57.3 Å². The van der Waals surface area contributed by atoms with Crippen molar-refractivity contribution in [1.82, 2.24) is 4.98 Å². The van der Waals surface area contributed by atoms with Crippen LogP contribution in [0.1, 0.15) is 18.1 Å². The molecule has 0 saturated carbocycles. The maximum absolute atomic E-state index is 6.08. The molecule has 1 aromatic carbocycles. The molecule has 4 heteroatoms. The number of rotatable bonds is 4. The lowest BCUT2D eigenvalue weighted by Crippen LogP contribution is -2.18. The lowest BCUT2D eigenvalue weighted by Gasteiger charge is -2.16. The Bertz CT molecular complexity index is 555. The molecule has 19 heavy (non-hydrogen) atoms. The summed E-state index contributed by atoms with van der Waals surface area (Å²) in [5.41, 5.74) is 3.29. The highest BCUT2D eigenvalue weighted by Crippen LogP contribution is 2.21. The fraction of sp³-hybridized carbons (Fsp3) is 0.267. The van der Waals surface area contributed by atoms with Gasteiger partial charge in [0.2, 0.25) is 0 Å². The number of halogens is 2. The van der Waals surface area contributed by atoms with Crippen LogP contribution >= 0.6 is 27.5 Å². The summed E-state index contributed by atoms with van der Waals surface area (Å²) < 4.78 is 1.10. The summed E-state index contributed by atoms with van der Waals surface area (Å²) in [7, 11) is 0. The monoisotopic (exact) mass is 338 g/mol. The number of benzene rings is 1. The Morgan fingerprint density at radius 2 is 2.00 bits per heavy atom. The average Bonchev–Trinajstić information content (AvgIpc) is 2.37. The molecule has 0 radical (unpaired) electrons. The van der Waals surface area contributed by atoms with Gasteiger partial charge in [-0.25, -0.2) is 4.98 Å². The Kier molecular flexibility index (Phi) is 4.83. The van der Waals surface area contributed by atoms with Gasteiger partial charge in [0.05, 0.1) is 5.69 Å². The zero-order chi connectivity index (χ0) is 13.8. The van der Waals surface area contributed by atoms with Crippen LogP contribution in [0, 0.1) is 6.92 Å². The van der Waals surface area contributed by atoms with E-state index in [1.165, 1.54) is 5.56 Å². The molecule has 0 saturated heterocycles. The number of aromatic nitrogens is 1. The Hall–Kier alpha value is -1.06. The van der Waals surface area contributed by atoms with Crippen LogP contribution in [0.4, 0.5) is 5.69 Å². The van der Waals surface area contributed by atoms with E-state index >= 15 is 0 Å². The van der Waals surface area contributed by atoms with Gasteiger partial charge in [-0.15, -0.1) is 0 Å². The van der Waals surface area contributed by atoms with Crippen LogP contribution in [0.2, 0.25) is 5.15 Å². The van der Waals surface area contributed by atoms with Crippen LogP contribution in [0.25, 0.3) is 0 Å². The van der Waals surface area contributed by atoms with E-state index in [0.717, 1.165) is 22.1 Å². The molecule has 1 atom stereocenters. The highest BCUT2D eigenvalue weighted by atomic mass is 79.9. The number of hydrogen-bond acceptors (Lipinski definition) is 2. The molecule has 2 rings (SSSR count). The zero-order valence-electron chi connectivity index (χ0n) is 11.0. The van der Waals surface area contributed by atoms with Crippen LogP contribution in [0.15, 0.2) is 41.0 Å². The van der Waals surface area contributed by atoms with E-state index in [0.29, 0.717) is 11.2 Å². The summed E-state index contributed by atoms with van der Waals surface area (Å²) in [4.78, 5) is 4.15. The molecule has 1 N–H and O–H groups in total. The molecule has 0 bridgehead atoms. The molecule has 1 unspecified atom stereocenters. The van der Waals surface area contributed by atoms with E-state index in [9.17, 15) is 0 Å². The van der Waals surface area contributed by atoms with Crippen LogP contribution in [0.5, 0.6) is 0 Å². The molecule has 1 heterocycles. The predicted molar refractivity (Wildman–Crippen MR) is 84.9 cm³/mol. The molecule has 0 aliphatic rings. The zero-order valence-corrected chi connectivity index (χ0v) is 13.3. The van der Waals surface area contributed by atoms with Crippen molar-refractivity contribution in [2.45, 2.75) is 26.3 Å². The average molecular weight is 340 g/mol. The molecule has 0 amide bonds. The quantitative estimate of drug-likeness (QED) is 0.806. The van der Waals surface area contributed by atoms with E-state index in [1.54, 1.807) is 6.20 Å². The maximum atomic E-state index is 6.08. The number of pyridine rings is 1. The predicted octanol–water partition coefficient (Wildman–Crippen LogP) is 4.85. The van der Waals surface area contributed by atoms with Crippen molar-refractivity contribution >= 4 is 33.2 Å². The molecular weight excluding hydrogens is 324 g/mol. The van der Waals surface area contributed by atoms with E-state index in [2.05, 4.69) is 57.4 Å². The third kappa shape index (κ3) is 4.22. The van der Waals surface area contributed by atoms with E-state index < -0.39 is 0 Å². The molecule has 0 aliphatic carbocycles. The first kappa shape index (κ1) is 14.4. The molecule has 100 valence electrons. The van der Waals surface area contributed by atoms with Gasteiger partial charge in [0, 0.05) is 16.7 Å². The van der Waals surface area contributed by atoms with E-state index in [4.69, 9.17) is 11.6 Å². The van der Waals surface area contributed by atoms with Crippen LogP contribution in [0.3, 0.4) is 0 Å². The van der Waals surface area contributed by atoms with Crippen LogP contribution in [-0.4, -0.2) is 11.0 Å². The number of nitrogens with one attached hydrogen (secondary N) is 1. The van der Waals surface area contributed by atoms with Gasteiger partial charge in [-0.1, -0.05) is 39.7 Å². The van der Waals surface area contributed by atoms with Crippen molar-refractivity contribution in [3.8, 4) is 0 Å². The summed E-state index contributed by atoms with van der Waals surface area (Å²) in [6.45, 7) is 4.15. The minimum absolute atomic E-state index is 0.294. The lowest BCUT2D eigenvalue weighted by molar-refractivity contribution is 0.789. The molecule has 0 spiro atoms. The summed E-state index contributed by atoms with van der Waals surface area (Å²) in [6.07, 6.45) is 2.71. The number of anilines is 1. The first-order valence-corrected chi connectivity index (χ1v) is 7.35. The second-order valence-corrected chi connectivity index (χ2v) is 6.00. The molecule has 2 aromatic rings. The Morgan fingerprint density at radius 3 is 2.68 bits per heavy atom. The normalized spacial score (nSPS) is 12.2. The second-order valence-electron chi connectivity index (χ2n) is 4.73. The van der Waals surface area contributed by atoms with Crippen molar-refractivity contribution in [2.24, 2.45) is 0 Å². The third-order valence-corrected chi connectivity index (χ3v) is 3.66. The minimum atomic E-state index is 0.294. The van der Waals surface area contributed by atoms with Gasteiger partial charge in [-0.2, -0.15) is 0 Å². The number of hydrogen-bond donors (Lipinski definition) is 1. The smallest absolute Gasteiger partial charge is 0.152 e. The largest absolute Gasteiger partial charge is 0.380 e. The second kappa shape index (κ2) is 6.40. The molecule has 2 nitrogen and oxygen atoms in total. The van der Waals surface area contributed by atoms with Crippen molar-refractivity contribution in [3.63, 3.8) is 0 Å². The summed E-state index contributed by atoms with van der Waals surface area (Å²) >= 11 is 9.53. The first-order chi connectivity index (χ1) is 9.04. The highest BCUT2D eigenvalue weighted by Gasteiger charge is 2.07. The van der Waals surface area contributed by atoms with Gasteiger partial charge in [0.1, 0.15) is 0 Å². The lowest BCUT2D eigenvalue weighted by atomic mass is 10.1. The maximum Gasteiger partial charge on any atom is 0.152 e. The minimum Gasteiger partial charge on any atom is -0.380 e. The van der Waals surface area contributed by atoms with Crippen LogP contribution < -0.4 is 5.32 Å². The standard InChI is InChI=1S/C15H16BrClN2/c1-10-7-14(15(17)18-9-10)19-11(2)8-12-3-5-13(16)6-4-12/h3-7,9,11,19H,8H2,1-2H3. The Balaban J connectivity index is 2.02. The SMILES string of the molecule is Cc1cnc(Cl)c(NC(C)Cc2ccc(Br)cc2)c1. The molecule has 1 aromatic heterocycles. The summed E-state index contributed by atoms with van der Waals surface area (Å²) in [5, 5.41) is 3.93. The number of nitrogens with zero attached hydrogens (tertiary/aromatic N) is 1. The third-order valence-electron chi connectivity index (χ3n) is 2.83. The van der Waals surface area contributed by atoms with Crippen molar-refractivity contribution < 1.29 is 0 Å². The van der Waals surface area contributed by atoms with Gasteiger partial charge < -0.3 is 5.32 Å². The Labute approximate surface area is 127 Å². The van der Waals surface area contributed by atoms with E-state index in [-0.39, 0.29) is 0 Å². The fourth-order valence-corrected chi connectivity index (χ4v) is 2.37. The number of aryl methyl sites for hydroxylation is 1. The van der Waals surface area contributed by atoms with Crippen LogP contribution in [-0.2, 0) is 6.42 Å². The van der Waals surface area contributed by atoms with Crippen molar-refractivity contribution in [1.29, 1.82) is 0 Å². The van der Waals surface area contributed by atoms with Crippen molar-refractivity contribution in [2.75, 3.05) is 5.32 Å². The molecule has 0 fully saturated rings. The van der Waals surface area contributed by atoms with Gasteiger partial charge in [0.25, 0.3) is 0 Å². The Morgan fingerprint density at radius 1 is 1.32 bits per heavy atom. The first-order valence-electron chi connectivity index (χ1n) is 6.17. The summed E-state index contributed by atoms with van der Waals surface area (Å²) in [5.74, 6) is 0. The van der Waals surface area contributed by atoms with Gasteiger partial charge >= 0.3 is 0 Å². The van der Waals surface area contributed by atoms with Gasteiger partial charge in [0.15, 0.2) is 5.15 Å². The summed E-state index contributed by atoms with van der Waals surface area (Å²) in [6, 6.07) is 10.7. The van der Waals surface area contributed by atoms with E-state index in [1.807, 2.05) is 13.0 Å². The molecular formula is C15H16BrClN2. The molecule has 0 aliphatic heterocycles.